The van der Waals surface area contributed by atoms with Crippen LogP contribution in [-0.2, 0) is 4.79 Å². The highest BCUT2D eigenvalue weighted by molar-refractivity contribution is 5.73. The van der Waals surface area contributed by atoms with Gasteiger partial charge in [0.2, 0.25) is 11.6 Å². The van der Waals surface area contributed by atoms with E-state index >= 15 is 0 Å². The van der Waals surface area contributed by atoms with Gasteiger partial charge in [-0.2, -0.15) is 17.6 Å². The highest BCUT2D eigenvalue weighted by Gasteiger charge is 2.38. The number of alkyl halides is 3. The molecule has 10 heteroatoms. The van der Waals surface area contributed by atoms with Gasteiger partial charge in [-0.05, 0) is 0 Å². The zero-order valence-electron chi connectivity index (χ0n) is 8.03. The first-order valence-corrected chi connectivity index (χ1v) is 3.80. The van der Waals surface area contributed by atoms with Crippen molar-refractivity contribution < 1.29 is 45.7 Å². The Morgan fingerprint density at radius 1 is 1.00 bits per heavy atom. The molecule has 2 N–H and O–H groups in total. The molecule has 0 fully saturated rings. The molecule has 0 spiro atoms. The molecule has 0 aliphatic rings. The van der Waals surface area contributed by atoms with E-state index in [1.54, 1.807) is 0 Å². The highest BCUT2D eigenvalue weighted by atomic mass is 19.4. The van der Waals surface area contributed by atoms with Gasteiger partial charge >= 0.3 is 12.1 Å². The number of phenolic OH excluding ortho intramolecular Hbond substituents is 1. The smallest absolute Gasteiger partial charge is 0.490 e. The number of phenols is 1. The third kappa shape index (κ3) is 4.11. The van der Waals surface area contributed by atoms with E-state index in [4.69, 9.17) is 15.0 Å². The van der Waals surface area contributed by atoms with Gasteiger partial charge in [0.05, 0.1) is 0 Å². The quantitative estimate of drug-likeness (QED) is 0.436. The predicted molar refractivity (Wildman–Crippen MR) is 41.6 cm³/mol. The van der Waals surface area contributed by atoms with Crippen LogP contribution in [0.5, 0.6) is 5.75 Å². The van der Waals surface area contributed by atoms with E-state index in [9.17, 15) is 30.7 Å². The van der Waals surface area contributed by atoms with Gasteiger partial charge in [-0.3, -0.25) is 0 Å². The zero-order chi connectivity index (χ0) is 14.7. The molecular weight excluding hydrogens is 277 g/mol. The second-order valence-electron chi connectivity index (χ2n) is 2.62. The van der Waals surface area contributed by atoms with Gasteiger partial charge in [0.1, 0.15) is 0 Å². The molecule has 0 amide bonds. The highest BCUT2D eigenvalue weighted by Crippen LogP contribution is 2.22. The summed E-state index contributed by atoms with van der Waals surface area (Å²) in [6.07, 6.45) is -5.08. The molecule has 0 aromatic heterocycles. The normalized spacial score (nSPS) is 10.6. The first-order chi connectivity index (χ1) is 7.98. The predicted octanol–water partition coefficient (Wildman–Crippen LogP) is 2.58. The van der Waals surface area contributed by atoms with Gasteiger partial charge in [0.25, 0.3) is 0 Å². The average Bonchev–Trinajstić information content (AvgIpc) is 2.23. The van der Waals surface area contributed by atoms with Crippen LogP contribution in [0.1, 0.15) is 0 Å². The van der Waals surface area contributed by atoms with E-state index in [2.05, 4.69) is 0 Å². The van der Waals surface area contributed by atoms with E-state index in [-0.39, 0.29) is 6.07 Å². The Bertz CT molecular complexity index is 429. The lowest BCUT2D eigenvalue weighted by Gasteiger charge is -1.98. The molecule has 1 aromatic carbocycles. The van der Waals surface area contributed by atoms with E-state index in [0.717, 1.165) is 0 Å². The van der Waals surface area contributed by atoms with Gasteiger partial charge in [-0.15, -0.1) is 0 Å². The fourth-order valence-corrected chi connectivity index (χ4v) is 0.560. The van der Waals surface area contributed by atoms with E-state index in [1.165, 1.54) is 0 Å². The largest absolute Gasteiger partial charge is 0.505 e. The summed E-state index contributed by atoms with van der Waals surface area (Å²) < 4.78 is 80.1. The van der Waals surface area contributed by atoms with E-state index in [1.807, 2.05) is 0 Å². The monoisotopic (exact) mass is 280 g/mol. The Hall–Kier alpha value is -2.00. The summed E-state index contributed by atoms with van der Waals surface area (Å²) in [6.45, 7) is 0. The summed E-state index contributed by atoms with van der Waals surface area (Å²) >= 11 is 0. The maximum absolute atomic E-state index is 12.1. The second-order valence-corrected chi connectivity index (χ2v) is 2.62. The van der Waals surface area contributed by atoms with Crippen molar-refractivity contribution in [2.24, 2.45) is 0 Å². The van der Waals surface area contributed by atoms with Gasteiger partial charge in [0, 0.05) is 6.07 Å². The van der Waals surface area contributed by atoms with Crippen molar-refractivity contribution in [1.29, 1.82) is 0 Å². The van der Waals surface area contributed by atoms with Crippen LogP contribution in [0.15, 0.2) is 6.07 Å². The maximum Gasteiger partial charge on any atom is 0.490 e. The molecule has 0 unspecified atom stereocenters. The van der Waals surface area contributed by atoms with Crippen molar-refractivity contribution in [3.63, 3.8) is 0 Å². The summed E-state index contributed by atoms with van der Waals surface area (Å²) in [4.78, 5) is 8.90. The number of carbonyl (C=O) groups is 1. The lowest BCUT2D eigenvalue weighted by molar-refractivity contribution is -0.192. The Morgan fingerprint density at radius 3 is 1.72 bits per heavy atom. The molecule has 0 heterocycles. The van der Waals surface area contributed by atoms with Gasteiger partial charge in [0.15, 0.2) is 17.4 Å². The summed E-state index contributed by atoms with van der Waals surface area (Å²) in [5.41, 5.74) is 0. The van der Waals surface area contributed by atoms with Crippen molar-refractivity contribution >= 4 is 5.97 Å². The molecule has 0 aliphatic carbocycles. The number of halogens is 7. The number of rotatable bonds is 0. The molecule has 102 valence electrons. The SMILES string of the molecule is O=C(O)C(F)(F)F.Oc1cc(F)c(F)c(F)c1F. The molecule has 0 atom stereocenters. The maximum atomic E-state index is 12.1. The van der Waals surface area contributed by atoms with E-state index in [0.29, 0.717) is 0 Å². The molecule has 0 saturated heterocycles. The van der Waals surface area contributed by atoms with E-state index < -0.39 is 41.2 Å². The topological polar surface area (TPSA) is 57.5 Å². The Labute approximate surface area is 94.1 Å². The molecule has 18 heavy (non-hydrogen) atoms. The first-order valence-electron chi connectivity index (χ1n) is 3.80. The molecule has 0 saturated carbocycles. The number of aliphatic carboxylic acids is 1. The van der Waals surface area contributed by atoms with Crippen molar-refractivity contribution in [2.75, 3.05) is 0 Å². The minimum atomic E-state index is -5.08. The van der Waals surface area contributed by atoms with Crippen LogP contribution in [0, 0.1) is 23.3 Å². The van der Waals surface area contributed by atoms with Crippen molar-refractivity contribution in [1.82, 2.24) is 0 Å². The molecule has 3 nitrogen and oxygen atoms in total. The summed E-state index contributed by atoms with van der Waals surface area (Å²) in [5.74, 6) is -11.4. The van der Waals surface area contributed by atoms with Crippen molar-refractivity contribution in [3.8, 4) is 5.75 Å². The first kappa shape index (κ1) is 16.0. The van der Waals surface area contributed by atoms with Crippen molar-refractivity contribution in [3.05, 3.63) is 29.3 Å². The van der Waals surface area contributed by atoms with Crippen molar-refractivity contribution in [2.45, 2.75) is 6.18 Å². The van der Waals surface area contributed by atoms with Crippen LogP contribution >= 0.6 is 0 Å². The van der Waals surface area contributed by atoms with Crippen LogP contribution < -0.4 is 0 Å². The number of carboxylic acids is 1. The zero-order valence-corrected chi connectivity index (χ0v) is 8.03. The molecule has 0 aliphatic heterocycles. The second kappa shape index (κ2) is 5.56. The number of hydrogen-bond acceptors (Lipinski definition) is 2. The summed E-state index contributed by atoms with van der Waals surface area (Å²) in [6, 6.07) is 0.160. The van der Waals surface area contributed by atoms with Crippen LogP contribution in [0.2, 0.25) is 0 Å². The Balaban J connectivity index is 0.000000360. The average molecular weight is 280 g/mol. The number of benzene rings is 1. The van der Waals surface area contributed by atoms with Crippen LogP contribution in [-0.4, -0.2) is 22.4 Å². The van der Waals surface area contributed by atoms with Gasteiger partial charge in [-0.1, -0.05) is 0 Å². The summed E-state index contributed by atoms with van der Waals surface area (Å²) in [5, 5.41) is 15.5. The minimum Gasteiger partial charge on any atom is -0.505 e. The molecule has 1 aromatic rings. The van der Waals surface area contributed by atoms with Crippen LogP contribution in [0.25, 0.3) is 0 Å². The standard InChI is InChI=1S/C6H2F4O.C2HF3O2/c7-2-1-3(11)5(9)6(10)4(2)8;3-2(4,5)1(6)7/h1,11H;(H,6,7). The third-order valence-electron chi connectivity index (χ3n) is 1.33. The fraction of sp³-hybridized carbons (Fsp3) is 0.125. The van der Waals surface area contributed by atoms with Gasteiger partial charge < -0.3 is 10.2 Å². The molecule has 0 bridgehead atoms. The van der Waals surface area contributed by atoms with Crippen LogP contribution in [0.4, 0.5) is 30.7 Å². The third-order valence-corrected chi connectivity index (χ3v) is 1.33. The minimum absolute atomic E-state index is 0.160. The fourth-order valence-electron chi connectivity index (χ4n) is 0.560. The van der Waals surface area contributed by atoms with Crippen LogP contribution in [0.3, 0.4) is 0 Å². The molecule has 0 radical (unpaired) electrons. The van der Waals surface area contributed by atoms with Gasteiger partial charge in [-0.25, -0.2) is 18.0 Å². The summed E-state index contributed by atoms with van der Waals surface area (Å²) in [7, 11) is 0. The number of aromatic hydroxyl groups is 1. The molecular formula is C8H3F7O3. The lowest BCUT2D eigenvalue weighted by atomic mass is 10.3. The number of carboxylic acid groups (broad SMARTS) is 1. The Morgan fingerprint density at radius 2 is 1.39 bits per heavy atom. The number of hydrogen-bond donors (Lipinski definition) is 2. The molecule has 1 rings (SSSR count). The lowest BCUT2D eigenvalue weighted by Crippen LogP contribution is -2.21. The Kier molecular flexibility index (Phi) is 4.94.